The van der Waals surface area contributed by atoms with Crippen LogP contribution in [0.1, 0.15) is 11.1 Å². The Kier molecular flexibility index (Phi) is 5.33. The fraction of sp³-hybridized carbons (Fsp3) is 0.143. The second-order valence-corrected chi connectivity index (χ2v) is 8.70. The largest absolute Gasteiger partial charge is 0.417 e. The summed E-state index contributed by atoms with van der Waals surface area (Å²) >= 11 is 0. The van der Waals surface area contributed by atoms with Gasteiger partial charge in [-0.25, -0.2) is 16.8 Å². The summed E-state index contributed by atoms with van der Waals surface area (Å²) in [7, 11) is -10.2. The maximum absolute atomic E-state index is 13.1. The van der Waals surface area contributed by atoms with E-state index in [9.17, 15) is 43.2 Å². The molecule has 0 aliphatic rings. The Morgan fingerprint density at radius 1 is 0.704 bits per heavy atom. The Labute approximate surface area is 149 Å². The highest BCUT2D eigenvalue weighted by Gasteiger charge is 2.41. The Bertz CT molecular complexity index is 1050. The molecule has 0 unspecified atom stereocenters. The fourth-order valence-corrected chi connectivity index (χ4v) is 5.13. The highest BCUT2D eigenvalue weighted by Crippen LogP contribution is 2.38. The van der Waals surface area contributed by atoms with Gasteiger partial charge >= 0.3 is 12.4 Å². The van der Waals surface area contributed by atoms with E-state index in [-0.39, 0.29) is 12.1 Å². The highest BCUT2D eigenvalue weighted by molar-refractivity contribution is 8.04. The fourth-order valence-electron chi connectivity index (χ4n) is 2.00. The summed E-state index contributed by atoms with van der Waals surface area (Å²) < 4.78 is 127. The van der Waals surface area contributed by atoms with Gasteiger partial charge in [0.15, 0.2) is 0 Å². The van der Waals surface area contributed by atoms with Gasteiger partial charge in [0.05, 0.1) is 20.9 Å². The average molecular weight is 433 g/mol. The van der Waals surface area contributed by atoms with Gasteiger partial charge in [0.1, 0.15) is 0 Å². The first-order valence-electron chi connectivity index (χ1n) is 6.77. The topological polar surface area (TPSA) is 80.3 Å². The standard InChI is InChI=1S/C14H9F6NO4S2/c15-13(16,17)9-6-7-12(11(8-9)14(18,19)20)27(24,25)21-26(22,23)10-4-2-1-3-5-10/h1-8,21H. The van der Waals surface area contributed by atoms with Crippen LogP contribution in [0.25, 0.3) is 0 Å². The van der Waals surface area contributed by atoms with Gasteiger partial charge in [0.25, 0.3) is 20.0 Å². The molecular formula is C14H9F6NO4S2. The number of sulfonamides is 2. The van der Waals surface area contributed by atoms with Gasteiger partial charge in [-0.1, -0.05) is 18.2 Å². The third-order valence-electron chi connectivity index (χ3n) is 3.17. The number of rotatable bonds is 4. The number of hydrogen-bond acceptors (Lipinski definition) is 4. The van der Waals surface area contributed by atoms with Crippen molar-refractivity contribution in [2.45, 2.75) is 22.1 Å². The summed E-state index contributed by atoms with van der Waals surface area (Å²) in [5, 5.41) is 0. The molecule has 148 valence electrons. The smallest absolute Gasteiger partial charge is 0.206 e. The molecule has 0 aliphatic carbocycles. The van der Waals surface area contributed by atoms with E-state index in [1.165, 1.54) is 18.2 Å². The van der Waals surface area contributed by atoms with Gasteiger partial charge in [-0.2, -0.15) is 26.3 Å². The molecule has 27 heavy (non-hydrogen) atoms. The van der Waals surface area contributed by atoms with Gasteiger partial charge in [-0.05, 0) is 30.3 Å². The van der Waals surface area contributed by atoms with Crippen molar-refractivity contribution in [2.75, 3.05) is 0 Å². The Balaban J connectivity index is 2.59. The van der Waals surface area contributed by atoms with E-state index in [2.05, 4.69) is 0 Å². The third-order valence-corrected chi connectivity index (χ3v) is 6.76. The zero-order valence-corrected chi connectivity index (χ0v) is 14.5. The lowest BCUT2D eigenvalue weighted by Gasteiger charge is -2.16. The van der Waals surface area contributed by atoms with Crippen LogP contribution in [0.4, 0.5) is 26.3 Å². The molecule has 0 spiro atoms. The maximum Gasteiger partial charge on any atom is 0.417 e. The molecule has 0 fully saturated rings. The first-order valence-corrected chi connectivity index (χ1v) is 9.73. The molecule has 0 atom stereocenters. The molecule has 0 amide bonds. The molecule has 0 heterocycles. The van der Waals surface area contributed by atoms with Crippen molar-refractivity contribution in [1.82, 2.24) is 4.13 Å². The second-order valence-electron chi connectivity index (χ2n) is 5.11. The average Bonchev–Trinajstić information content (AvgIpc) is 2.52. The highest BCUT2D eigenvalue weighted by atomic mass is 32.3. The summed E-state index contributed by atoms with van der Waals surface area (Å²) in [4.78, 5) is -2.21. The van der Waals surface area contributed by atoms with Crippen LogP contribution >= 0.6 is 0 Å². The van der Waals surface area contributed by atoms with Crippen LogP contribution < -0.4 is 4.13 Å². The van der Waals surface area contributed by atoms with Gasteiger partial charge < -0.3 is 0 Å². The summed E-state index contributed by atoms with van der Waals surface area (Å²) in [6.07, 6.45) is -10.6. The van der Waals surface area contributed by atoms with E-state index in [4.69, 9.17) is 0 Å². The van der Waals surface area contributed by atoms with E-state index < -0.39 is 59.4 Å². The van der Waals surface area contributed by atoms with Crippen LogP contribution in [0.2, 0.25) is 0 Å². The molecule has 2 rings (SSSR count). The molecule has 2 aromatic carbocycles. The van der Waals surface area contributed by atoms with Gasteiger partial charge in [-0.15, -0.1) is 4.13 Å². The van der Waals surface area contributed by atoms with Crippen LogP contribution in [-0.4, -0.2) is 16.8 Å². The second kappa shape index (κ2) is 6.80. The van der Waals surface area contributed by atoms with E-state index in [1.54, 1.807) is 0 Å². The Morgan fingerprint density at radius 2 is 1.26 bits per heavy atom. The number of benzene rings is 2. The minimum atomic E-state index is -5.48. The molecule has 0 saturated carbocycles. The van der Waals surface area contributed by atoms with Crippen molar-refractivity contribution in [3.63, 3.8) is 0 Å². The monoisotopic (exact) mass is 433 g/mol. The zero-order valence-electron chi connectivity index (χ0n) is 12.8. The van der Waals surface area contributed by atoms with E-state index in [1.807, 2.05) is 0 Å². The SMILES string of the molecule is O=S(=O)(NS(=O)(=O)c1ccc(C(F)(F)F)cc1C(F)(F)F)c1ccccc1. The van der Waals surface area contributed by atoms with Crippen molar-refractivity contribution in [1.29, 1.82) is 0 Å². The number of halogens is 6. The Hall–Kier alpha value is -2.12. The first kappa shape index (κ1) is 21.2. The summed E-state index contributed by atoms with van der Waals surface area (Å²) in [5.74, 6) is 0. The quantitative estimate of drug-likeness (QED) is 0.750. The summed E-state index contributed by atoms with van der Waals surface area (Å²) in [6.45, 7) is 0. The molecule has 5 nitrogen and oxygen atoms in total. The molecule has 0 aliphatic heterocycles. The predicted octanol–water partition coefficient (Wildman–Crippen LogP) is 3.39. The van der Waals surface area contributed by atoms with Crippen LogP contribution in [0.15, 0.2) is 58.3 Å². The van der Waals surface area contributed by atoms with E-state index in [0.717, 1.165) is 16.3 Å². The normalized spacial score (nSPS) is 13.6. The molecule has 0 bridgehead atoms. The zero-order chi connectivity index (χ0) is 20.7. The molecule has 0 aromatic heterocycles. The van der Waals surface area contributed by atoms with Crippen molar-refractivity contribution < 1.29 is 43.2 Å². The minimum absolute atomic E-state index is 0.0501. The lowest BCUT2D eigenvalue weighted by atomic mass is 10.1. The van der Waals surface area contributed by atoms with Crippen LogP contribution in [-0.2, 0) is 32.4 Å². The maximum atomic E-state index is 13.1. The summed E-state index contributed by atoms with van der Waals surface area (Å²) in [5.41, 5.74) is -3.88. The van der Waals surface area contributed by atoms with E-state index >= 15 is 0 Å². The lowest BCUT2D eigenvalue weighted by Crippen LogP contribution is -2.32. The van der Waals surface area contributed by atoms with Crippen molar-refractivity contribution in [3.05, 3.63) is 59.7 Å². The van der Waals surface area contributed by atoms with E-state index in [0.29, 0.717) is 0 Å². The number of hydrogen-bond donors (Lipinski definition) is 1. The summed E-state index contributed by atoms with van der Waals surface area (Å²) in [6, 6.07) is 5.60. The molecule has 2 aromatic rings. The molecule has 1 N–H and O–H groups in total. The minimum Gasteiger partial charge on any atom is -0.206 e. The van der Waals surface area contributed by atoms with Crippen molar-refractivity contribution >= 4 is 20.0 Å². The first-order chi connectivity index (χ1) is 12.1. The third kappa shape index (κ3) is 4.78. The van der Waals surface area contributed by atoms with Crippen molar-refractivity contribution in [2.24, 2.45) is 0 Å². The van der Waals surface area contributed by atoms with Crippen LogP contribution in [0.5, 0.6) is 0 Å². The predicted molar refractivity (Wildman–Crippen MR) is 80.4 cm³/mol. The lowest BCUT2D eigenvalue weighted by molar-refractivity contribution is -0.144. The molecular weight excluding hydrogens is 424 g/mol. The molecule has 13 heteroatoms. The van der Waals surface area contributed by atoms with Crippen molar-refractivity contribution in [3.8, 4) is 0 Å². The van der Waals surface area contributed by atoms with Crippen LogP contribution in [0, 0.1) is 0 Å². The van der Waals surface area contributed by atoms with Gasteiger partial charge in [-0.3, -0.25) is 0 Å². The van der Waals surface area contributed by atoms with Gasteiger partial charge in [0, 0.05) is 0 Å². The number of alkyl halides is 6. The number of nitrogens with one attached hydrogen (secondary N) is 1. The Morgan fingerprint density at radius 3 is 1.74 bits per heavy atom. The molecule has 0 saturated heterocycles. The molecule has 0 radical (unpaired) electrons. The van der Waals surface area contributed by atoms with Crippen LogP contribution in [0.3, 0.4) is 0 Å². The van der Waals surface area contributed by atoms with Gasteiger partial charge in [0.2, 0.25) is 0 Å².